The van der Waals surface area contributed by atoms with Crippen molar-refractivity contribution in [3.8, 4) is 11.5 Å². The number of hydrogen-bond acceptors (Lipinski definition) is 6. The van der Waals surface area contributed by atoms with Gasteiger partial charge in [0.05, 0.1) is 31.4 Å². The van der Waals surface area contributed by atoms with E-state index in [0.29, 0.717) is 22.7 Å². The molecule has 1 aliphatic heterocycles. The topological polar surface area (TPSA) is 89.0 Å². The Morgan fingerprint density at radius 2 is 1.71 bits per heavy atom. The van der Waals surface area contributed by atoms with Crippen molar-refractivity contribution >= 4 is 23.1 Å². The van der Waals surface area contributed by atoms with Crippen LogP contribution in [0.5, 0.6) is 11.5 Å². The van der Waals surface area contributed by atoms with E-state index < -0.39 is 17.7 Å². The first-order chi connectivity index (χ1) is 16.7. The molecule has 7 nitrogen and oxygen atoms in total. The first kappa shape index (κ1) is 24.0. The van der Waals surface area contributed by atoms with Crippen LogP contribution in [0, 0.1) is 0 Å². The smallest absolute Gasteiger partial charge is 0.300 e. The molecule has 1 aliphatic rings. The maximum absolute atomic E-state index is 13.3. The van der Waals surface area contributed by atoms with E-state index in [9.17, 15) is 14.7 Å². The van der Waals surface area contributed by atoms with Crippen LogP contribution in [-0.4, -0.2) is 36.0 Å². The van der Waals surface area contributed by atoms with E-state index in [0.717, 1.165) is 5.56 Å². The third kappa shape index (κ3) is 4.37. The van der Waals surface area contributed by atoms with Crippen molar-refractivity contribution in [2.45, 2.75) is 32.2 Å². The van der Waals surface area contributed by atoms with Gasteiger partial charge in [-0.2, -0.15) is 0 Å². The van der Waals surface area contributed by atoms with Crippen LogP contribution in [-0.2, 0) is 15.0 Å². The van der Waals surface area contributed by atoms with Gasteiger partial charge in [-0.05, 0) is 46.9 Å². The number of Topliss-reactive ketones (excluding diaryl/α,β-unsaturated/α-hetero) is 1. The number of carbonyl (C=O) groups excluding carboxylic acids is 2. The molecule has 2 aromatic carbocycles. The monoisotopic (exact) mass is 472 g/mol. The standard InChI is InChI=1S/C28H28N2O5/c1-28(2,3)18-8-10-19(11-9-18)30-24(17-7-6-14-29-16-17)23(26(32)27(30)33)25(31)21-13-12-20(34-4)15-22(21)35-5/h6-16,24,31H,1-5H3/b25-23-. The van der Waals surface area contributed by atoms with Gasteiger partial charge in [0.25, 0.3) is 11.7 Å². The summed E-state index contributed by atoms with van der Waals surface area (Å²) < 4.78 is 10.7. The normalized spacial score (nSPS) is 17.5. The highest BCUT2D eigenvalue weighted by molar-refractivity contribution is 6.51. The molecule has 0 spiro atoms. The number of aromatic nitrogens is 1. The Balaban J connectivity index is 1.91. The molecule has 4 rings (SSSR count). The molecule has 1 amide bonds. The summed E-state index contributed by atoms with van der Waals surface area (Å²) in [5, 5.41) is 11.4. The lowest BCUT2D eigenvalue weighted by Crippen LogP contribution is -2.29. The lowest BCUT2D eigenvalue weighted by molar-refractivity contribution is -0.132. The van der Waals surface area contributed by atoms with E-state index in [-0.39, 0.29) is 22.3 Å². The largest absolute Gasteiger partial charge is 0.507 e. The number of anilines is 1. The first-order valence-electron chi connectivity index (χ1n) is 11.2. The summed E-state index contributed by atoms with van der Waals surface area (Å²) in [6, 6.07) is 15.0. The second-order valence-corrected chi connectivity index (χ2v) is 9.32. The van der Waals surface area contributed by atoms with Crippen LogP contribution in [0.25, 0.3) is 5.76 Å². The van der Waals surface area contributed by atoms with Crippen molar-refractivity contribution in [3.63, 3.8) is 0 Å². The fourth-order valence-corrected chi connectivity index (χ4v) is 4.21. The van der Waals surface area contributed by atoms with E-state index in [1.165, 1.54) is 19.1 Å². The third-order valence-electron chi connectivity index (χ3n) is 6.12. The molecule has 1 fully saturated rings. The highest BCUT2D eigenvalue weighted by Gasteiger charge is 2.47. The Bertz CT molecular complexity index is 1290. The summed E-state index contributed by atoms with van der Waals surface area (Å²) >= 11 is 0. The number of amides is 1. The van der Waals surface area contributed by atoms with Gasteiger partial charge in [0, 0.05) is 24.1 Å². The molecule has 0 radical (unpaired) electrons. The van der Waals surface area contributed by atoms with Crippen molar-refractivity contribution in [1.82, 2.24) is 4.98 Å². The van der Waals surface area contributed by atoms with E-state index in [1.807, 2.05) is 24.3 Å². The van der Waals surface area contributed by atoms with E-state index in [1.54, 1.807) is 42.7 Å². The zero-order valence-electron chi connectivity index (χ0n) is 20.4. The molecular weight excluding hydrogens is 444 g/mol. The number of methoxy groups -OCH3 is 2. The molecule has 3 aromatic rings. The van der Waals surface area contributed by atoms with Crippen LogP contribution in [0.3, 0.4) is 0 Å². The predicted molar refractivity (Wildman–Crippen MR) is 134 cm³/mol. The molecule has 35 heavy (non-hydrogen) atoms. The van der Waals surface area contributed by atoms with Gasteiger partial charge in [-0.15, -0.1) is 0 Å². The molecule has 1 atom stereocenters. The summed E-state index contributed by atoms with van der Waals surface area (Å²) in [6.07, 6.45) is 3.20. The number of benzene rings is 2. The zero-order chi connectivity index (χ0) is 25.3. The summed E-state index contributed by atoms with van der Waals surface area (Å²) in [5.74, 6) is -0.995. The number of carbonyl (C=O) groups is 2. The van der Waals surface area contributed by atoms with Gasteiger partial charge >= 0.3 is 0 Å². The van der Waals surface area contributed by atoms with Gasteiger partial charge in [0.15, 0.2) is 0 Å². The predicted octanol–water partition coefficient (Wildman–Crippen LogP) is 5.02. The average Bonchev–Trinajstić information content (AvgIpc) is 3.13. The van der Waals surface area contributed by atoms with Crippen LogP contribution in [0.1, 0.15) is 43.5 Å². The maximum Gasteiger partial charge on any atom is 0.300 e. The minimum absolute atomic E-state index is 0.0358. The Morgan fingerprint density at radius 3 is 2.29 bits per heavy atom. The average molecular weight is 473 g/mol. The number of aliphatic hydroxyl groups is 1. The number of pyridine rings is 1. The minimum Gasteiger partial charge on any atom is -0.507 e. The first-order valence-corrected chi connectivity index (χ1v) is 11.2. The van der Waals surface area contributed by atoms with Gasteiger partial charge in [0.1, 0.15) is 17.3 Å². The fourth-order valence-electron chi connectivity index (χ4n) is 4.21. The summed E-state index contributed by atoms with van der Waals surface area (Å²) in [4.78, 5) is 32.3. The Labute approximate surface area is 204 Å². The zero-order valence-corrected chi connectivity index (χ0v) is 20.4. The molecule has 180 valence electrons. The third-order valence-corrected chi connectivity index (χ3v) is 6.12. The summed E-state index contributed by atoms with van der Waals surface area (Å²) in [6.45, 7) is 6.31. The molecule has 1 aromatic heterocycles. The van der Waals surface area contributed by atoms with Gasteiger partial charge in [-0.3, -0.25) is 19.5 Å². The number of rotatable bonds is 5. The Hall–Kier alpha value is -4.13. The number of nitrogens with zero attached hydrogens (tertiary/aromatic N) is 2. The molecular formula is C28H28N2O5. The van der Waals surface area contributed by atoms with Crippen LogP contribution < -0.4 is 14.4 Å². The number of aliphatic hydroxyl groups excluding tert-OH is 1. The second-order valence-electron chi connectivity index (χ2n) is 9.32. The molecule has 0 aliphatic carbocycles. The number of ether oxygens (including phenoxy) is 2. The fraction of sp³-hybridized carbons (Fsp3) is 0.250. The second kappa shape index (κ2) is 9.25. The van der Waals surface area contributed by atoms with Crippen molar-refractivity contribution in [3.05, 3.63) is 89.3 Å². The van der Waals surface area contributed by atoms with Gasteiger partial charge < -0.3 is 14.6 Å². The number of ketones is 1. The Morgan fingerprint density at radius 1 is 1.00 bits per heavy atom. The van der Waals surface area contributed by atoms with Crippen LogP contribution in [0.2, 0.25) is 0 Å². The summed E-state index contributed by atoms with van der Waals surface area (Å²) in [7, 11) is 2.98. The Kier molecular flexibility index (Phi) is 6.35. The molecule has 1 unspecified atom stereocenters. The van der Waals surface area contributed by atoms with E-state index in [4.69, 9.17) is 9.47 Å². The maximum atomic E-state index is 13.3. The van der Waals surface area contributed by atoms with Crippen LogP contribution >= 0.6 is 0 Å². The van der Waals surface area contributed by atoms with Crippen molar-refractivity contribution in [1.29, 1.82) is 0 Å². The van der Waals surface area contributed by atoms with E-state index >= 15 is 0 Å². The molecule has 1 saturated heterocycles. The molecule has 7 heteroatoms. The van der Waals surface area contributed by atoms with Gasteiger partial charge in [-0.25, -0.2) is 0 Å². The highest BCUT2D eigenvalue weighted by atomic mass is 16.5. The molecule has 1 N–H and O–H groups in total. The molecule has 2 heterocycles. The molecule has 0 bridgehead atoms. The summed E-state index contributed by atoms with van der Waals surface area (Å²) in [5.41, 5.74) is 2.42. The van der Waals surface area contributed by atoms with Crippen molar-refractivity contribution in [2.75, 3.05) is 19.1 Å². The minimum atomic E-state index is -0.865. The molecule has 0 saturated carbocycles. The van der Waals surface area contributed by atoms with Crippen molar-refractivity contribution < 1.29 is 24.2 Å². The lowest BCUT2D eigenvalue weighted by atomic mass is 9.87. The van der Waals surface area contributed by atoms with Gasteiger partial charge in [-0.1, -0.05) is 39.0 Å². The van der Waals surface area contributed by atoms with Gasteiger partial charge in [0.2, 0.25) is 0 Å². The quantitative estimate of drug-likeness (QED) is 0.319. The highest BCUT2D eigenvalue weighted by Crippen LogP contribution is 2.43. The van der Waals surface area contributed by atoms with E-state index in [2.05, 4.69) is 25.8 Å². The number of hydrogen-bond donors (Lipinski definition) is 1. The SMILES string of the molecule is COc1ccc(/C(O)=C2/C(=O)C(=O)N(c3ccc(C(C)(C)C)cc3)C2c2cccnc2)c(OC)c1. The van der Waals surface area contributed by atoms with Crippen LogP contribution in [0.15, 0.2) is 72.6 Å². The van der Waals surface area contributed by atoms with Crippen LogP contribution in [0.4, 0.5) is 5.69 Å². The van der Waals surface area contributed by atoms with Crippen molar-refractivity contribution in [2.24, 2.45) is 0 Å². The lowest BCUT2D eigenvalue weighted by Gasteiger charge is -2.26.